The van der Waals surface area contributed by atoms with Crippen molar-refractivity contribution in [1.29, 1.82) is 0 Å². The number of anilines is 1. The van der Waals surface area contributed by atoms with Gasteiger partial charge in [0.1, 0.15) is 12.3 Å². The zero-order chi connectivity index (χ0) is 24.3. The molecule has 0 aromatic heterocycles. The van der Waals surface area contributed by atoms with Crippen molar-refractivity contribution < 1.29 is 28.7 Å². The molecule has 2 N–H and O–H groups in total. The maximum atomic E-state index is 13.1. The van der Waals surface area contributed by atoms with Gasteiger partial charge in [-0.15, -0.1) is 0 Å². The maximum Gasteiger partial charge on any atom is 0.257 e. The summed E-state index contributed by atoms with van der Waals surface area (Å²) in [6, 6.07) is 4.03. The zero-order valence-electron chi connectivity index (χ0n) is 19.4. The summed E-state index contributed by atoms with van der Waals surface area (Å²) in [6.07, 6.45) is 1.78. The van der Waals surface area contributed by atoms with Crippen LogP contribution in [0.3, 0.4) is 0 Å². The lowest BCUT2D eigenvalue weighted by Gasteiger charge is -2.30. The number of hydrogen-bond acceptors (Lipinski definition) is 7. The maximum absolute atomic E-state index is 13.1. The first-order chi connectivity index (χ1) is 15.2. The highest BCUT2D eigenvalue weighted by molar-refractivity contribution is 6.08. The Morgan fingerprint density at radius 1 is 1.28 bits per heavy atom. The van der Waals surface area contributed by atoms with Gasteiger partial charge in [0.15, 0.2) is 6.29 Å². The molecule has 1 aliphatic rings. The number of rotatable bonds is 10. The largest absolute Gasteiger partial charge is 0.382 e. The van der Waals surface area contributed by atoms with E-state index in [0.29, 0.717) is 25.1 Å². The van der Waals surface area contributed by atoms with Crippen LogP contribution >= 0.6 is 0 Å². The summed E-state index contributed by atoms with van der Waals surface area (Å²) < 4.78 is 5.49. The van der Waals surface area contributed by atoms with E-state index >= 15 is 0 Å². The van der Waals surface area contributed by atoms with E-state index < -0.39 is 23.3 Å². The number of carbonyl (C=O) groups is 5. The van der Waals surface area contributed by atoms with Crippen molar-refractivity contribution in [2.75, 3.05) is 32.1 Å². The molecule has 2 rings (SSSR count). The quantitative estimate of drug-likeness (QED) is 0.320. The van der Waals surface area contributed by atoms with Crippen molar-refractivity contribution in [2.24, 2.45) is 5.41 Å². The van der Waals surface area contributed by atoms with E-state index in [1.54, 1.807) is 26.0 Å². The van der Waals surface area contributed by atoms with Gasteiger partial charge < -0.3 is 19.7 Å². The van der Waals surface area contributed by atoms with Gasteiger partial charge in [-0.25, -0.2) is 0 Å². The van der Waals surface area contributed by atoms with Crippen molar-refractivity contribution in [1.82, 2.24) is 10.2 Å². The Bertz CT molecular complexity index is 837. The first-order valence-corrected chi connectivity index (χ1v) is 10.7. The minimum atomic E-state index is -0.795. The molecule has 1 fully saturated rings. The molecule has 3 amide bonds. The van der Waals surface area contributed by atoms with Gasteiger partial charge in [0, 0.05) is 36.7 Å². The fraction of sp³-hybridized carbons (Fsp3) is 0.522. The van der Waals surface area contributed by atoms with Gasteiger partial charge >= 0.3 is 0 Å². The third-order valence-electron chi connectivity index (χ3n) is 4.79. The van der Waals surface area contributed by atoms with Gasteiger partial charge in [0.2, 0.25) is 11.8 Å². The van der Waals surface area contributed by atoms with Crippen LogP contribution in [0.25, 0.3) is 0 Å². The molecule has 0 saturated carbocycles. The lowest BCUT2D eigenvalue weighted by molar-refractivity contribution is -0.136. The monoisotopic (exact) mass is 447 g/mol. The first kappa shape index (κ1) is 27.0. The highest BCUT2D eigenvalue weighted by atomic mass is 16.5. The minimum Gasteiger partial charge on any atom is -0.382 e. The number of aldehydes is 2. The molecule has 1 saturated heterocycles. The van der Waals surface area contributed by atoms with Gasteiger partial charge in [-0.05, 0) is 12.5 Å². The lowest BCUT2D eigenvalue weighted by atomic mass is 9.98. The van der Waals surface area contributed by atoms with Crippen LogP contribution in [0, 0.1) is 5.41 Å². The number of carbonyl (C=O) groups excluding carboxylic acids is 5. The summed E-state index contributed by atoms with van der Waals surface area (Å²) in [5, 5.41) is 5.30. The Morgan fingerprint density at radius 3 is 2.56 bits per heavy atom. The summed E-state index contributed by atoms with van der Waals surface area (Å²) in [5.74, 6) is -1.41. The highest BCUT2D eigenvalue weighted by Crippen LogP contribution is 2.23. The summed E-state index contributed by atoms with van der Waals surface area (Å²) in [6.45, 7) is 8.43. The molecule has 1 aromatic carbocycles. The van der Waals surface area contributed by atoms with Crippen molar-refractivity contribution in [2.45, 2.75) is 46.6 Å². The SMILES string of the molecule is CC.CN(C(=O)c1c(C=O)cccc1NCCOCC(C)(C)C=O)C1CCC(=O)NC1=O. The Kier molecular flexibility index (Phi) is 10.7. The van der Waals surface area contributed by atoms with Crippen LogP contribution in [0.4, 0.5) is 5.69 Å². The standard InChI is InChI=1S/C21H27N3O6.C2H6/c1-21(2,12-26)13-30-10-9-22-15-6-4-5-14(11-25)18(15)20(29)24(3)16-7-8-17(27)23-19(16)28;1-2/h4-6,11-12,16,22H,7-10,13H2,1-3H3,(H,23,27,28);1-2H3. The number of nitrogens with zero attached hydrogens (tertiary/aromatic N) is 1. The number of nitrogens with one attached hydrogen (secondary N) is 2. The van der Waals surface area contributed by atoms with Crippen LogP contribution < -0.4 is 10.6 Å². The lowest BCUT2D eigenvalue weighted by Crippen LogP contribution is -2.53. The Hall–Kier alpha value is -3.07. The van der Waals surface area contributed by atoms with Crippen LogP contribution in [-0.2, 0) is 19.1 Å². The van der Waals surface area contributed by atoms with Crippen LogP contribution in [-0.4, -0.2) is 68.0 Å². The molecule has 32 heavy (non-hydrogen) atoms. The summed E-state index contributed by atoms with van der Waals surface area (Å²) in [4.78, 5) is 60.3. The van der Waals surface area contributed by atoms with E-state index in [0.717, 1.165) is 6.29 Å². The molecule has 9 heteroatoms. The molecular formula is C23H33N3O6. The van der Waals surface area contributed by atoms with Gasteiger partial charge in [-0.2, -0.15) is 0 Å². The molecular weight excluding hydrogens is 414 g/mol. The third-order valence-corrected chi connectivity index (χ3v) is 4.79. The fourth-order valence-corrected chi connectivity index (χ4v) is 3.05. The van der Waals surface area contributed by atoms with Gasteiger partial charge in [-0.1, -0.05) is 39.8 Å². The Balaban J connectivity index is 0.00000249. The fourth-order valence-electron chi connectivity index (χ4n) is 3.05. The molecule has 0 bridgehead atoms. The number of piperidine rings is 1. The minimum absolute atomic E-state index is 0.142. The third kappa shape index (κ3) is 7.26. The highest BCUT2D eigenvalue weighted by Gasteiger charge is 2.34. The molecule has 1 aromatic rings. The molecule has 0 spiro atoms. The van der Waals surface area contributed by atoms with Gasteiger partial charge in [-0.3, -0.25) is 24.5 Å². The van der Waals surface area contributed by atoms with Crippen molar-refractivity contribution in [3.8, 4) is 0 Å². The zero-order valence-corrected chi connectivity index (χ0v) is 19.4. The number of benzene rings is 1. The normalized spacial score (nSPS) is 15.7. The number of imide groups is 1. The topological polar surface area (TPSA) is 122 Å². The first-order valence-electron chi connectivity index (χ1n) is 10.7. The predicted octanol–water partition coefficient (Wildman–Crippen LogP) is 2.06. The van der Waals surface area contributed by atoms with E-state index in [2.05, 4.69) is 10.6 Å². The van der Waals surface area contributed by atoms with Crippen LogP contribution in [0.2, 0.25) is 0 Å². The van der Waals surface area contributed by atoms with Gasteiger partial charge in [0.25, 0.3) is 5.91 Å². The summed E-state index contributed by atoms with van der Waals surface area (Å²) >= 11 is 0. The van der Waals surface area contributed by atoms with Crippen molar-refractivity contribution >= 4 is 36.0 Å². The summed E-state index contributed by atoms with van der Waals surface area (Å²) in [5.41, 5.74) is 0.186. The second kappa shape index (κ2) is 12.7. The molecule has 176 valence electrons. The van der Waals surface area contributed by atoms with E-state index in [1.807, 2.05) is 13.8 Å². The average molecular weight is 448 g/mol. The van der Waals surface area contributed by atoms with Crippen molar-refractivity contribution in [3.05, 3.63) is 29.3 Å². The second-order valence-electron chi connectivity index (χ2n) is 7.86. The van der Waals surface area contributed by atoms with Crippen molar-refractivity contribution in [3.63, 3.8) is 0 Å². The molecule has 1 atom stereocenters. The average Bonchev–Trinajstić information content (AvgIpc) is 2.79. The predicted molar refractivity (Wildman–Crippen MR) is 121 cm³/mol. The van der Waals surface area contributed by atoms with Gasteiger partial charge in [0.05, 0.1) is 18.8 Å². The smallest absolute Gasteiger partial charge is 0.257 e. The Labute approximate surface area is 188 Å². The van der Waals surface area contributed by atoms with Crippen LogP contribution in [0.1, 0.15) is 61.3 Å². The molecule has 0 radical (unpaired) electrons. The van der Waals surface area contributed by atoms with Crippen LogP contribution in [0.15, 0.2) is 18.2 Å². The number of hydrogen-bond donors (Lipinski definition) is 2. The summed E-state index contributed by atoms with van der Waals surface area (Å²) in [7, 11) is 1.47. The molecule has 1 aliphatic heterocycles. The van der Waals surface area contributed by atoms with E-state index in [-0.39, 0.29) is 36.5 Å². The molecule has 0 aliphatic carbocycles. The number of ether oxygens (including phenoxy) is 1. The molecule has 9 nitrogen and oxygen atoms in total. The van der Waals surface area contributed by atoms with E-state index in [4.69, 9.17) is 4.74 Å². The van der Waals surface area contributed by atoms with Crippen LogP contribution in [0.5, 0.6) is 0 Å². The van der Waals surface area contributed by atoms with E-state index in [1.165, 1.54) is 18.0 Å². The molecule has 1 heterocycles. The molecule has 1 unspecified atom stereocenters. The number of likely N-dealkylation sites (N-methyl/N-ethyl adjacent to an activating group) is 1. The number of amides is 3. The Morgan fingerprint density at radius 2 is 1.97 bits per heavy atom. The van der Waals surface area contributed by atoms with E-state index in [9.17, 15) is 24.0 Å². The second-order valence-corrected chi connectivity index (χ2v) is 7.86.